The first-order valence-corrected chi connectivity index (χ1v) is 6.78. The minimum Gasteiger partial charge on any atom is -0.491 e. The van der Waals surface area contributed by atoms with Crippen molar-refractivity contribution in [2.24, 2.45) is 0 Å². The summed E-state index contributed by atoms with van der Waals surface area (Å²) in [6.07, 6.45) is 0.624. The molecular formula is C15H25NO3. The number of methoxy groups -OCH3 is 1. The predicted molar refractivity (Wildman–Crippen MR) is 76.5 cm³/mol. The van der Waals surface area contributed by atoms with E-state index in [4.69, 9.17) is 9.47 Å². The highest BCUT2D eigenvalue weighted by molar-refractivity contribution is 5.28. The third-order valence-corrected chi connectivity index (χ3v) is 2.68. The van der Waals surface area contributed by atoms with Crippen molar-refractivity contribution in [2.75, 3.05) is 26.8 Å². The number of ether oxygens (including phenoxy) is 2. The van der Waals surface area contributed by atoms with Gasteiger partial charge in [-0.3, -0.25) is 0 Å². The van der Waals surface area contributed by atoms with E-state index in [-0.39, 0.29) is 6.10 Å². The van der Waals surface area contributed by atoms with E-state index in [0.29, 0.717) is 6.54 Å². The molecule has 1 aromatic carbocycles. The molecule has 0 bridgehead atoms. The van der Waals surface area contributed by atoms with Gasteiger partial charge in [-0.1, -0.05) is 12.1 Å². The summed E-state index contributed by atoms with van der Waals surface area (Å²) < 4.78 is 10.5. The standard InChI is InChI=1S/C15H25NO3/c1-12(2)19-14-7-5-13(6-8-14)15(17)11-16-9-4-10-18-3/h5-8,12,15-17H,4,9-11H2,1-3H3. The molecule has 0 aliphatic carbocycles. The van der Waals surface area contributed by atoms with E-state index in [1.807, 2.05) is 38.1 Å². The molecule has 0 amide bonds. The molecule has 0 saturated carbocycles. The van der Waals surface area contributed by atoms with Gasteiger partial charge in [0.2, 0.25) is 0 Å². The van der Waals surface area contributed by atoms with E-state index in [1.165, 1.54) is 0 Å². The quantitative estimate of drug-likeness (QED) is 0.673. The summed E-state index contributed by atoms with van der Waals surface area (Å²) in [4.78, 5) is 0. The minimum atomic E-state index is -0.490. The van der Waals surface area contributed by atoms with Crippen LogP contribution in [0.25, 0.3) is 0 Å². The summed E-state index contributed by atoms with van der Waals surface area (Å²) in [5, 5.41) is 13.2. The third kappa shape index (κ3) is 6.57. The lowest BCUT2D eigenvalue weighted by Crippen LogP contribution is -2.23. The first-order valence-electron chi connectivity index (χ1n) is 6.78. The van der Waals surface area contributed by atoms with Crippen molar-refractivity contribution < 1.29 is 14.6 Å². The van der Waals surface area contributed by atoms with Crippen LogP contribution < -0.4 is 10.1 Å². The monoisotopic (exact) mass is 267 g/mol. The van der Waals surface area contributed by atoms with E-state index in [2.05, 4.69) is 5.32 Å². The Labute approximate surface area is 115 Å². The summed E-state index contributed by atoms with van der Waals surface area (Å²) in [6, 6.07) is 7.59. The molecule has 4 heteroatoms. The Kier molecular flexibility index (Phi) is 7.48. The van der Waals surface area contributed by atoms with Crippen molar-refractivity contribution in [3.05, 3.63) is 29.8 Å². The highest BCUT2D eigenvalue weighted by atomic mass is 16.5. The van der Waals surface area contributed by atoms with Gasteiger partial charge in [0, 0.05) is 20.3 Å². The molecule has 0 aliphatic heterocycles. The lowest BCUT2D eigenvalue weighted by atomic mass is 10.1. The van der Waals surface area contributed by atoms with Crippen molar-refractivity contribution in [1.29, 1.82) is 0 Å². The fourth-order valence-electron chi connectivity index (χ4n) is 1.74. The minimum absolute atomic E-state index is 0.165. The molecule has 4 nitrogen and oxygen atoms in total. The molecule has 0 heterocycles. The predicted octanol–water partition coefficient (Wildman–Crippen LogP) is 2.13. The normalized spacial score (nSPS) is 12.7. The largest absolute Gasteiger partial charge is 0.491 e. The second kappa shape index (κ2) is 8.91. The molecule has 1 unspecified atom stereocenters. The summed E-state index contributed by atoms with van der Waals surface area (Å²) in [5.41, 5.74) is 0.898. The first-order chi connectivity index (χ1) is 9.13. The summed E-state index contributed by atoms with van der Waals surface area (Å²) in [6.45, 7) is 6.12. The van der Waals surface area contributed by atoms with Crippen LogP contribution in [-0.2, 0) is 4.74 Å². The van der Waals surface area contributed by atoms with Gasteiger partial charge >= 0.3 is 0 Å². The highest BCUT2D eigenvalue weighted by Gasteiger charge is 2.07. The number of aliphatic hydroxyl groups is 1. The van der Waals surface area contributed by atoms with Crippen LogP contribution in [0.4, 0.5) is 0 Å². The third-order valence-electron chi connectivity index (χ3n) is 2.68. The lowest BCUT2D eigenvalue weighted by Gasteiger charge is -2.14. The fraction of sp³-hybridized carbons (Fsp3) is 0.600. The van der Waals surface area contributed by atoms with Gasteiger partial charge in [0.05, 0.1) is 12.2 Å². The Morgan fingerprint density at radius 2 is 1.89 bits per heavy atom. The SMILES string of the molecule is COCCCNCC(O)c1ccc(OC(C)C)cc1. The van der Waals surface area contributed by atoms with E-state index in [9.17, 15) is 5.11 Å². The fourth-order valence-corrected chi connectivity index (χ4v) is 1.74. The number of rotatable bonds is 9. The van der Waals surface area contributed by atoms with Crippen molar-refractivity contribution >= 4 is 0 Å². The number of nitrogens with one attached hydrogen (secondary N) is 1. The molecule has 2 N–H and O–H groups in total. The second-order valence-corrected chi connectivity index (χ2v) is 4.80. The molecule has 108 valence electrons. The van der Waals surface area contributed by atoms with E-state index in [0.717, 1.165) is 30.9 Å². The Morgan fingerprint density at radius 1 is 1.21 bits per heavy atom. The molecular weight excluding hydrogens is 242 g/mol. The Balaban J connectivity index is 2.33. The van der Waals surface area contributed by atoms with Crippen LogP contribution >= 0.6 is 0 Å². The van der Waals surface area contributed by atoms with Crippen molar-refractivity contribution in [3.63, 3.8) is 0 Å². The van der Waals surface area contributed by atoms with Crippen LogP contribution in [0.2, 0.25) is 0 Å². The van der Waals surface area contributed by atoms with Gasteiger partial charge in [-0.05, 0) is 44.5 Å². The maximum Gasteiger partial charge on any atom is 0.119 e. The van der Waals surface area contributed by atoms with E-state index in [1.54, 1.807) is 7.11 Å². The van der Waals surface area contributed by atoms with Gasteiger partial charge in [-0.15, -0.1) is 0 Å². The van der Waals surface area contributed by atoms with E-state index >= 15 is 0 Å². The van der Waals surface area contributed by atoms with Crippen LogP contribution in [0.1, 0.15) is 31.9 Å². The van der Waals surface area contributed by atoms with Gasteiger partial charge < -0.3 is 19.9 Å². The topological polar surface area (TPSA) is 50.7 Å². The zero-order valence-electron chi connectivity index (χ0n) is 12.1. The highest BCUT2D eigenvalue weighted by Crippen LogP contribution is 2.18. The molecule has 0 aromatic heterocycles. The average Bonchev–Trinajstić information content (AvgIpc) is 2.38. The second-order valence-electron chi connectivity index (χ2n) is 4.80. The maximum absolute atomic E-state index is 10.0. The van der Waals surface area contributed by atoms with Gasteiger partial charge in [0.15, 0.2) is 0 Å². The van der Waals surface area contributed by atoms with Crippen LogP contribution in [0.15, 0.2) is 24.3 Å². The van der Waals surface area contributed by atoms with Crippen molar-refractivity contribution in [1.82, 2.24) is 5.32 Å². The summed E-state index contributed by atoms with van der Waals surface area (Å²) in [5.74, 6) is 0.832. The molecule has 1 atom stereocenters. The first kappa shape index (κ1) is 16.0. The van der Waals surface area contributed by atoms with Gasteiger partial charge in [0.1, 0.15) is 5.75 Å². The molecule has 0 saturated heterocycles. The van der Waals surface area contributed by atoms with Crippen molar-refractivity contribution in [2.45, 2.75) is 32.5 Å². The zero-order valence-corrected chi connectivity index (χ0v) is 12.1. The number of hydrogen-bond donors (Lipinski definition) is 2. The van der Waals surface area contributed by atoms with Crippen molar-refractivity contribution in [3.8, 4) is 5.75 Å². The molecule has 0 fully saturated rings. The average molecular weight is 267 g/mol. The molecule has 0 aliphatic rings. The smallest absolute Gasteiger partial charge is 0.119 e. The molecule has 0 radical (unpaired) electrons. The number of benzene rings is 1. The molecule has 19 heavy (non-hydrogen) atoms. The molecule has 1 rings (SSSR count). The lowest BCUT2D eigenvalue weighted by molar-refractivity contribution is 0.168. The van der Waals surface area contributed by atoms with Gasteiger partial charge in [0.25, 0.3) is 0 Å². The number of aliphatic hydroxyl groups excluding tert-OH is 1. The Hall–Kier alpha value is -1.10. The van der Waals surface area contributed by atoms with Crippen LogP contribution in [0, 0.1) is 0 Å². The van der Waals surface area contributed by atoms with Gasteiger partial charge in [-0.25, -0.2) is 0 Å². The molecule has 0 spiro atoms. The summed E-state index contributed by atoms with van der Waals surface area (Å²) >= 11 is 0. The Bertz CT molecular complexity index is 338. The summed E-state index contributed by atoms with van der Waals surface area (Å²) in [7, 11) is 1.69. The van der Waals surface area contributed by atoms with E-state index < -0.39 is 6.10 Å². The number of hydrogen-bond acceptors (Lipinski definition) is 4. The van der Waals surface area contributed by atoms with Crippen LogP contribution in [0.5, 0.6) is 5.75 Å². The maximum atomic E-state index is 10.0. The van der Waals surface area contributed by atoms with Gasteiger partial charge in [-0.2, -0.15) is 0 Å². The molecule has 1 aromatic rings. The Morgan fingerprint density at radius 3 is 2.47 bits per heavy atom. The van der Waals surface area contributed by atoms with Crippen LogP contribution in [0.3, 0.4) is 0 Å². The zero-order chi connectivity index (χ0) is 14.1. The van der Waals surface area contributed by atoms with Crippen LogP contribution in [-0.4, -0.2) is 38.0 Å².